The molecule has 0 unspecified atom stereocenters. The standard InChI is InChI=1S/C11H10ClFO2/c12-8-4-7(5-9(13)6-8)11(10(14)15)2-1-3-11/h4-6H,1-3H2,(H,14,15). The van der Waals surface area contributed by atoms with E-state index < -0.39 is 17.2 Å². The SMILES string of the molecule is O=C(O)C1(c2cc(F)cc(Cl)c2)CCC1. The van der Waals surface area contributed by atoms with Crippen LogP contribution < -0.4 is 0 Å². The summed E-state index contributed by atoms with van der Waals surface area (Å²) >= 11 is 5.71. The van der Waals surface area contributed by atoms with Crippen LogP contribution in [0.25, 0.3) is 0 Å². The minimum atomic E-state index is -0.911. The van der Waals surface area contributed by atoms with Crippen LogP contribution in [0, 0.1) is 5.82 Å². The third-order valence-electron chi connectivity index (χ3n) is 3.03. The van der Waals surface area contributed by atoms with Crippen LogP contribution >= 0.6 is 11.6 Å². The quantitative estimate of drug-likeness (QED) is 0.845. The van der Waals surface area contributed by atoms with Crippen molar-refractivity contribution in [2.24, 2.45) is 0 Å². The van der Waals surface area contributed by atoms with Gasteiger partial charge in [0.05, 0.1) is 5.41 Å². The zero-order valence-electron chi connectivity index (χ0n) is 7.96. The average molecular weight is 229 g/mol. The lowest BCUT2D eigenvalue weighted by molar-refractivity contribution is -0.147. The van der Waals surface area contributed by atoms with Gasteiger partial charge in [-0.3, -0.25) is 4.79 Å². The van der Waals surface area contributed by atoms with Gasteiger partial charge in [-0.05, 0) is 36.6 Å². The fourth-order valence-electron chi connectivity index (χ4n) is 1.99. The number of carbonyl (C=O) groups is 1. The Balaban J connectivity index is 2.47. The van der Waals surface area contributed by atoms with Gasteiger partial charge in [-0.25, -0.2) is 4.39 Å². The topological polar surface area (TPSA) is 37.3 Å². The number of rotatable bonds is 2. The van der Waals surface area contributed by atoms with Crippen molar-refractivity contribution in [3.8, 4) is 0 Å². The molecule has 1 aromatic rings. The maximum Gasteiger partial charge on any atom is 0.314 e. The number of aliphatic carboxylic acids is 1. The summed E-state index contributed by atoms with van der Waals surface area (Å²) in [4.78, 5) is 11.2. The number of benzene rings is 1. The molecular weight excluding hydrogens is 219 g/mol. The van der Waals surface area contributed by atoms with Crippen molar-refractivity contribution in [3.05, 3.63) is 34.6 Å². The van der Waals surface area contributed by atoms with Gasteiger partial charge in [-0.15, -0.1) is 0 Å². The summed E-state index contributed by atoms with van der Waals surface area (Å²) < 4.78 is 13.1. The zero-order valence-corrected chi connectivity index (χ0v) is 8.72. The van der Waals surface area contributed by atoms with Gasteiger partial charge in [0.1, 0.15) is 5.82 Å². The zero-order chi connectivity index (χ0) is 11.1. The summed E-state index contributed by atoms with van der Waals surface area (Å²) in [6, 6.07) is 3.98. The van der Waals surface area contributed by atoms with Crippen LogP contribution in [-0.4, -0.2) is 11.1 Å². The molecule has 1 saturated carbocycles. The number of halogens is 2. The molecule has 0 aromatic heterocycles. The van der Waals surface area contributed by atoms with Gasteiger partial charge in [0.2, 0.25) is 0 Å². The lowest BCUT2D eigenvalue weighted by Gasteiger charge is -2.38. The van der Waals surface area contributed by atoms with Gasteiger partial charge in [0, 0.05) is 5.02 Å². The van der Waals surface area contributed by atoms with Crippen LogP contribution in [0.2, 0.25) is 5.02 Å². The van der Waals surface area contributed by atoms with E-state index in [1.165, 1.54) is 18.2 Å². The molecule has 15 heavy (non-hydrogen) atoms. The minimum Gasteiger partial charge on any atom is -0.481 e. The minimum absolute atomic E-state index is 0.248. The Labute approximate surface area is 91.7 Å². The van der Waals surface area contributed by atoms with E-state index in [0.717, 1.165) is 6.42 Å². The predicted molar refractivity (Wildman–Crippen MR) is 54.6 cm³/mol. The Morgan fingerprint density at radius 2 is 2.07 bits per heavy atom. The van der Waals surface area contributed by atoms with Gasteiger partial charge in [-0.2, -0.15) is 0 Å². The first-order valence-electron chi connectivity index (χ1n) is 4.74. The maximum atomic E-state index is 13.1. The average Bonchev–Trinajstić information content (AvgIpc) is 1.97. The van der Waals surface area contributed by atoms with Crippen LogP contribution in [0.1, 0.15) is 24.8 Å². The Kier molecular flexibility index (Phi) is 2.43. The lowest BCUT2D eigenvalue weighted by Crippen LogP contribution is -2.42. The highest BCUT2D eigenvalue weighted by molar-refractivity contribution is 6.30. The second-order valence-corrected chi connectivity index (χ2v) is 4.34. The molecule has 2 rings (SSSR count). The van der Waals surface area contributed by atoms with E-state index in [9.17, 15) is 9.18 Å². The maximum absolute atomic E-state index is 13.1. The van der Waals surface area contributed by atoms with E-state index in [1.807, 2.05) is 0 Å². The highest BCUT2D eigenvalue weighted by atomic mass is 35.5. The summed E-state index contributed by atoms with van der Waals surface area (Å²) in [5.41, 5.74) is -0.433. The van der Waals surface area contributed by atoms with Crippen molar-refractivity contribution in [2.45, 2.75) is 24.7 Å². The van der Waals surface area contributed by atoms with E-state index in [0.29, 0.717) is 18.4 Å². The van der Waals surface area contributed by atoms with E-state index >= 15 is 0 Å². The Morgan fingerprint density at radius 1 is 1.40 bits per heavy atom. The molecule has 0 radical (unpaired) electrons. The number of hydrogen-bond donors (Lipinski definition) is 1. The van der Waals surface area contributed by atoms with Gasteiger partial charge < -0.3 is 5.11 Å². The molecule has 1 aromatic carbocycles. The van der Waals surface area contributed by atoms with E-state index in [1.54, 1.807) is 0 Å². The van der Waals surface area contributed by atoms with Gasteiger partial charge >= 0.3 is 5.97 Å². The summed E-state index contributed by atoms with van der Waals surface area (Å²) in [5, 5.41) is 9.40. The number of carboxylic acid groups (broad SMARTS) is 1. The first-order valence-corrected chi connectivity index (χ1v) is 5.12. The highest BCUT2D eigenvalue weighted by Gasteiger charge is 2.46. The third-order valence-corrected chi connectivity index (χ3v) is 3.25. The molecule has 1 aliphatic carbocycles. The first-order chi connectivity index (χ1) is 7.04. The fourth-order valence-corrected chi connectivity index (χ4v) is 2.21. The largest absolute Gasteiger partial charge is 0.481 e. The van der Waals surface area contributed by atoms with Crippen LogP contribution in [-0.2, 0) is 10.2 Å². The highest BCUT2D eigenvalue weighted by Crippen LogP contribution is 2.44. The van der Waals surface area contributed by atoms with Crippen molar-refractivity contribution in [2.75, 3.05) is 0 Å². The van der Waals surface area contributed by atoms with Crippen molar-refractivity contribution in [1.82, 2.24) is 0 Å². The van der Waals surface area contributed by atoms with Crippen LogP contribution in [0.15, 0.2) is 18.2 Å². The molecule has 1 aliphatic rings. The Bertz CT molecular complexity index is 393. The normalized spacial score (nSPS) is 18.3. The van der Waals surface area contributed by atoms with Crippen LogP contribution in [0.5, 0.6) is 0 Å². The molecule has 80 valence electrons. The van der Waals surface area contributed by atoms with Gasteiger partial charge in [0.15, 0.2) is 0 Å². The lowest BCUT2D eigenvalue weighted by atomic mass is 9.64. The fraction of sp³-hybridized carbons (Fsp3) is 0.364. The molecule has 2 nitrogen and oxygen atoms in total. The van der Waals surface area contributed by atoms with E-state index in [4.69, 9.17) is 16.7 Å². The van der Waals surface area contributed by atoms with Gasteiger partial charge in [0.25, 0.3) is 0 Å². The Hall–Kier alpha value is -1.09. The smallest absolute Gasteiger partial charge is 0.314 e. The van der Waals surface area contributed by atoms with Crippen LogP contribution in [0.3, 0.4) is 0 Å². The number of hydrogen-bond acceptors (Lipinski definition) is 1. The third kappa shape index (κ3) is 1.61. The van der Waals surface area contributed by atoms with Crippen molar-refractivity contribution >= 4 is 17.6 Å². The molecule has 1 N–H and O–H groups in total. The molecule has 0 heterocycles. The van der Waals surface area contributed by atoms with Crippen molar-refractivity contribution in [1.29, 1.82) is 0 Å². The number of carboxylic acids is 1. The molecule has 0 bridgehead atoms. The van der Waals surface area contributed by atoms with Crippen molar-refractivity contribution < 1.29 is 14.3 Å². The summed E-state index contributed by atoms with van der Waals surface area (Å²) in [5.74, 6) is -1.37. The Morgan fingerprint density at radius 3 is 2.47 bits per heavy atom. The summed E-state index contributed by atoms with van der Waals surface area (Å²) in [6.07, 6.45) is 1.98. The second kappa shape index (κ2) is 3.49. The van der Waals surface area contributed by atoms with E-state index in [2.05, 4.69) is 0 Å². The summed E-state index contributed by atoms with van der Waals surface area (Å²) in [7, 11) is 0. The van der Waals surface area contributed by atoms with Crippen molar-refractivity contribution in [3.63, 3.8) is 0 Å². The molecular formula is C11H10ClFO2. The molecule has 0 amide bonds. The summed E-state index contributed by atoms with van der Waals surface area (Å²) in [6.45, 7) is 0. The molecule has 0 atom stereocenters. The first kappa shape index (κ1) is 10.4. The van der Waals surface area contributed by atoms with E-state index in [-0.39, 0.29) is 5.02 Å². The molecule has 0 saturated heterocycles. The molecule has 0 aliphatic heterocycles. The molecule has 4 heteroatoms. The van der Waals surface area contributed by atoms with Crippen LogP contribution in [0.4, 0.5) is 4.39 Å². The molecule has 1 fully saturated rings. The molecule has 0 spiro atoms. The monoisotopic (exact) mass is 228 g/mol. The second-order valence-electron chi connectivity index (χ2n) is 3.90. The van der Waals surface area contributed by atoms with Gasteiger partial charge in [-0.1, -0.05) is 18.0 Å². The predicted octanol–water partition coefficient (Wildman–Crippen LogP) is 2.99.